The van der Waals surface area contributed by atoms with Gasteiger partial charge in [-0.25, -0.2) is 19.2 Å². The highest BCUT2D eigenvalue weighted by Gasteiger charge is 2.60. The minimum atomic E-state index is -2.57. The highest BCUT2D eigenvalue weighted by atomic mass is 16.7. The number of aromatic nitrogens is 4. The summed E-state index contributed by atoms with van der Waals surface area (Å²) in [6, 6.07) is 11.8. The minimum absolute atomic E-state index is 0.00555. The predicted molar refractivity (Wildman–Crippen MR) is 146 cm³/mol. The fourth-order valence-electron chi connectivity index (χ4n) is 4.19. The molecule has 0 amide bonds. The summed E-state index contributed by atoms with van der Waals surface area (Å²) in [6.07, 6.45) is 6.08. The van der Waals surface area contributed by atoms with E-state index in [-0.39, 0.29) is 22.3 Å². The van der Waals surface area contributed by atoms with Crippen LogP contribution in [-0.2, 0) is 23.7 Å². The van der Waals surface area contributed by atoms with Crippen LogP contribution in [0.3, 0.4) is 0 Å². The standard InChI is InChI=1S/C30H24N4O10/c35-26(19-5-1-9-31-13-19)40-17-23-24(42-28(37)21-7-3-11-33-15-21)25(43-29(38)22-8-4-12-34-16-22)30(39,44-23)18-41-27(36)20-6-2-10-32-14-20/h1-16,23-25,39H,17-18H2/t23-,24+,25-,30+/m0/s1. The number of hydrogen-bond acceptors (Lipinski definition) is 14. The first-order valence-corrected chi connectivity index (χ1v) is 13.1. The number of pyridine rings is 4. The van der Waals surface area contributed by atoms with Gasteiger partial charge in [0.2, 0.25) is 5.79 Å². The summed E-state index contributed by atoms with van der Waals surface area (Å²) in [7, 11) is 0. The second kappa shape index (κ2) is 13.6. The van der Waals surface area contributed by atoms with Crippen molar-refractivity contribution >= 4 is 23.9 Å². The fraction of sp³-hybridized carbons (Fsp3) is 0.200. The second-order valence-corrected chi connectivity index (χ2v) is 9.34. The van der Waals surface area contributed by atoms with Crippen LogP contribution >= 0.6 is 0 Å². The van der Waals surface area contributed by atoms with Gasteiger partial charge in [0.05, 0.1) is 22.3 Å². The number of hydrogen-bond donors (Lipinski definition) is 1. The van der Waals surface area contributed by atoms with Crippen LogP contribution in [0.1, 0.15) is 41.4 Å². The summed E-state index contributed by atoms with van der Waals surface area (Å²) in [4.78, 5) is 67.1. The Morgan fingerprint density at radius 1 is 0.659 bits per heavy atom. The molecule has 4 atom stereocenters. The van der Waals surface area contributed by atoms with Crippen molar-refractivity contribution < 1.29 is 48.0 Å². The molecule has 1 N–H and O–H groups in total. The normalized spacial score (nSPS) is 20.7. The lowest BCUT2D eigenvalue weighted by atomic mass is 10.0. The van der Waals surface area contributed by atoms with Gasteiger partial charge in [-0.05, 0) is 48.5 Å². The van der Waals surface area contributed by atoms with Crippen LogP contribution in [0.2, 0.25) is 0 Å². The zero-order valence-corrected chi connectivity index (χ0v) is 22.8. The number of ether oxygens (including phenoxy) is 5. The van der Waals surface area contributed by atoms with Gasteiger partial charge in [-0.1, -0.05) is 0 Å². The first-order valence-electron chi connectivity index (χ1n) is 13.1. The molecule has 4 aromatic rings. The van der Waals surface area contributed by atoms with Crippen molar-refractivity contribution in [2.24, 2.45) is 0 Å². The monoisotopic (exact) mass is 600 g/mol. The fourth-order valence-corrected chi connectivity index (χ4v) is 4.19. The predicted octanol–water partition coefficient (Wildman–Crippen LogP) is 1.82. The Hall–Kier alpha value is -5.60. The highest BCUT2D eigenvalue weighted by molar-refractivity contribution is 5.91. The molecule has 0 unspecified atom stereocenters. The zero-order valence-electron chi connectivity index (χ0n) is 22.8. The molecule has 0 bridgehead atoms. The van der Waals surface area contributed by atoms with E-state index in [1.54, 1.807) is 0 Å². The van der Waals surface area contributed by atoms with Crippen LogP contribution in [0.4, 0.5) is 0 Å². The van der Waals surface area contributed by atoms with Crippen LogP contribution < -0.4 is 0 Å². The Morgan fingerprint density at radius 2 is 1.09 bits per heavy atom. The van der Waals surface area contributed by atoms with Crippen molar-refractivity contribution in [1.29, 1.82) is 0 Å². The zero-order chi connectivity index (χ0) is 30.9. The largest absolute Gasteiger partial charge is 0.459 e. The van der Waals surface area contributed by atoms with Gasteiger partial charge in [0.1, 0.15) is 19.3 Å². The summed E-state index contributed by atoms with van der Waals surface area (Å²) in [5.41, 5.74) is 0.231. The third-order valence-corrected chi connectivity index (χ3v) is 6.32. The van der Waals surface area contributed by atoms with E-state index in [0.29, 0.717) is 0 Å². The Kier molecular flexibility index (Phi) is 9.22. The van der Waals surface area contributed by atoms with Crippen molar-refractivity contribution in [3.8, 4) is 0 Å². The molecular weight excluding hydrogens is 576 g/mol. The van der Waals surface area contributed by atoms with Gasteiger partial charge in [-0.3, -0.25) is 19.9 Å². The molecule has 5 rings (SSSR count). The molecule has 44 heavy (non-hydrogen) atoms. The average Bonchev–Trinajstić information content (AvgIpc) is 3.33. The Labute approximate surface area is 249 Å². The van der Waals surface area contributed by atoms with Crippen LogP contribution in [0, 0.1) is 0 Å². The molecule has 1 aliphatic rings. The van der Waals surface area contributed by atoms with Crippen LogP contribution in [-0.4, -0.2) is 86.2 Å². The van der Waals surface area contributed by atoms with Crippen LogP contribution in [0.15, 0.2) is 98.1 Å². The first-order chi connectivity index (χ1) is 21.3. The lowest BCUT2D eigenvalue weighted by molar-refractivity contribution is -0.247. The number of carbonyl (C=O) groups excluding carboxylic acids is 4. The van der Waals surface area contributed by atoms with Gasteiger partial charge < -0.3 is 28.8 Å². The van der Waals surface area contributed by atoms with E-state index in [1.807, 2.05) is 0 Å². The first kappa shape index (κ1) is 29.9. The van der Waals surface area contributed by atoms with E-state index in [2.05, 4.69) is 19.9 Å². The van der Waals surface area contributed by atoms with E-state index in [4.69, 9.17) is 23.7 Å². The maximum absolute atomic E-state index is 13.1. The molecule has 0 saturated carbocycles. The Bertz CT molecular complexity index is 1600. The van der Waals surface area contributed by atoms with Gasteiger partial charge >= 0.3 is 23.9 Å². The van der Waals surface area contributed by atoms with Crippen LogP contribution in [0.5, 0.6) is 0 Å². The van der Waals surface area contributed by atoms with Gasteiger partial charge in [-0.15, -0.1) is 0 Å². The van der Waals surface area contributed by atoms with Crippen LogP contribution in [0.25, 0.3) is 0 Å². The average molecular weight is 601 g/mol. The molecule has 0 aliphatic carbocycles. The van der Waals surface area contributed by atoms with Crippen molar-refractivity contribution in [1.82, 2.24) is 19.9 Å². The van der Waals surface area contributed by atoms with E-state index in [1.165, 1.54) is 98.1 Å². The molecule has 1 aliphatic heterocycles. The van der Waals surface area contributed by atoms with Gasteiger partial charge in [0.25, 0.3) is 0 Å². The van der Waals surface area contributed by atoms with Crippen molar-refractivity contribution in [3.05, 3.63) is 120 Å². The molecular formula is C30H24N4O10. The summed E-state index contributed by atoms with van der Waals surface area (Å²) in [5, 5.41) is 11.7. The maximum Gasteiger partial charge on any atom is 0.340 e. The van der Waals surface area contributed by atoms with E-state index < -0.39 is 61.2 Å². The topological polar surface area (TPSA) is 186 Å². The Morgan fingerprint density at radius 3 is 1.55 bits per heavy atom. The Balaban J connectivity index is 1.44. The maximum atomic E-state index is 13.1. The quantitative estimate of drug-likeness (QED) is 0.205. The molecule has 0 spiro atoms. The number of esters is 4. The van der Waals surface area contributed by atoms with Gasteiger partial charge in [0.15, 0.2) is 12.2 Å². The van der Waals surface area contributed by atoms with Crippen molar-refractivity contribution in [2.75, 3.05) is 13.2 Å². The van der Waals surface area contributed by atoms with Gasteiger partial charge in [0, 0.05) is 49.6 Å². The molecule has 4 aromatic heterocycles. The number of rotatable bonds is 10. The second-order valence-electron chi connectivity index (χ2n) is 9.34. The molecule has 0 aromatic carbocycles. The third kappa shape index (κ3) is 7.06. The molecule has 1 saturated heterocycles. The lowest BCUT2D eigenvalue weighted by Crippen LogP contribution is -2.51. The van der Waals surface area contributed by atoms with E-state index in [9.17, 15) is 24.3 Å². The van der Waals surface area contributed by atoms with Crippen molar-refractivity contribution in [3.63, 3.8) is 0 Å². The summed E-state index contributed by atoms with van der Waals surface area (Å²) < 4.78 is 27.8. The highest BCUT2D eigenvalue weighted by Crippen LogP contribution is 2.36. The van der Waals surface area contributed by atoms with Gasteiger partial charge in [-0.2, -0.15) is 0 Å². The molecule has 14 heteroatoms. The number of aliphatic hydroxyl groups is 1. The third-order valence-electron chi connectivity index (χ3n) is 6.32. The van der Waals surface area contributed by atoms with E-state index in [0.717, 1.165) is 0 Å². The molecule has 14 nitrogen and oxygen atoms in total. The summed E-state index contributed by atoms with van der Waals surface area (Å²) >= 11 is 0. The molecule has 224 valence electrons. The molecule has 0 radical (unpaired) electrons. The summed E-state index contributed by atoms with van der Waals surface area (Å²) in [6.45, 7) is -1.45. The van der Waals surface area contributed by atoms with E-state index >= 15 is 0 Å². The SMILES string of the molecule is O=C(OC[C@@H]1O[C@](O)(COC(=O)c2cccnc2)[C@@H](OC(=O)c2cccnc2)[C@@H]1OC(=O)c1cccnc1)c1cccnc1. The summed E-state index contributed by atoms with van der Waals surface area (Å²) in [5.74, 6) is -6.10. The number of nitrogens with zero attached hydrogens (tertiary/aromatic N) is 4. The van der Waals surface area contributed by atoms with Crippen molar-refractivity contribution in [2.45, 2.75) is 24.1 Å². The smallest absolute Gasteiger partial charge is 0.340 e. The molecule has 5 heterocycles. The minimum Gasteiger partial charge on any atom is -0.459 e. The molecule has 1 fully saturated rings. The lowest BCUT2D eigenvalue weighted by Gasteiger charge is -2.29. The number of carbonyl (C=O) groups is 4.